The molecule has 1 aliphatic heterocycles. The Hall–Kier alpha value is -2.26. The number of benzene rings is 2. The van der Waals surface area contributed by atoms with Gasteiger partial charge in [-0.05, 0) is 42.8 Å². The molecule has 1 heterocycles. The minimum Gasteiger partial charge on any atom is -0.269 e. The van der Waals surface area contributed by atoms with E-state index in [1.54, 1.807) is 18.3 Å². The summed E-state index contributed by atoms with van der Waals surface area (Å²) in [6, 6.07) is 14.4. The van der Waals surface area contributed by atoms with E-state index in [0.717, 1.165) is 16.7 Å². The first-order valence-corrected chi connectivity index (χ1v) is 10.5. The SMILES string of the molecule is Cc1ccc(S(=O)(=O)N2C=CC(C)(C)C(=C=Cc3ccc(Cl)cc3)C2)cc1. The summed E-state index contributed by atoms with van der Waals surface area (Å²) in [4.78, 5) is 0.290. The van der Waals surface area contributed by atoms with Gasteiger partial charge in [0.2, 0.25) is 0 Å². The van der Waals surface area contributed by atoms with Crippen LogP contribution in [0.3, 0.4) is 0 Å². The maximum atomic E-state index is 13.0. The van der Waals surface area contributed by atoms with Crippen molar-refractivity contribution < 1.29 is 8.42 Å². The second-order valence-corrected chi connectivity index (χ2v) is 9.55. The number of nitrogens with zero attached hydrogens (tertiary/aromatic N) is 1. The monoisotopic (exact) mass is 399 g/mol. The predicted molar refractivity (Wildman–Crippen MR) is 111 cm³/mol. The molecule has 0 saturated carbocycles. The van der Waals surface area contributed by atoms with E-state index in [4.69, 9.17) is 11.6 Å². The quantitative estimate of drug-likeness (QED) is 0.645. The summed E-state index contributed by atoms with van der Waals surface area (Å²) in [5.41, 5.74) is 5.91. The molecule has 0 aromatic heterocycles. The lowest BCUT2D eigenvalue weighted by molar-refractivity contribution is 0.446. The number of halogens is 1. The van der Waals surface area contributed by atoms with Crippen LogP contribution in [0.5, 0.6) is 0 Å². The molecule has 0 amide bonds. The molecule has 3 rings (SSSR count). The second-order valence-electron chi connectivity index (χ2n) is 7.22. The van der Waals surface area contributed by atoms with E-state index in [2.05, 4.69) is 19.6 Å². The zero-order chi connectivity index (χ0) is 19.7. The minimum absolute atomic E-state index is 0.268. The van der Waals surface area contributed by atoms with Crippen molar-refractivity contribution in [3.8, 4) is 0 Å². The van der Waals surface area contributed by atoms with Crippen molar-refractivity contribution in [2.24, 2.45) is 5.41 Å². The molecule has 5 heteroatoms. The van der Waals surface area contributed by atoms with Gasteiger partial charge in [0.1, 0.15) is 0 Å². The van der Waals surface area contributed by atoms with Crippen LogP contribution in [0.2, 0.25) is 5.02 Å². The van der Waals surface area contributed by atoms with Crippen LogP contribution < -0.4 is 0 Å². The van der Waals surface area contributed by atoms with Gasteiger partial charge in [-0.25, -0.2) is 8.42 Å². The Morgan fingerprint density at radius 2 is 1.70 bits per heavy atom. The van der Waals surface area contributed by atoms with Crippen LogP contribution in [0.4, 0.5) is 0 Å². The molecular formula is C22H22ClNO2S. The Labute approximate surface area is 166 Å². The summed E-state index contributed by atoms with van der Waals surface area (Å²) in [7, 11) is -3.60. The van der Waals surface area contributed by atoms with Crippen molar-refractivity contribution in [2.45, 2.75) is 25.7 Å². The molecule has 0 saturated heterocycles. The van der Waals surface area contributed by atoms with Crippen molar-refractivity contribution >= 4 is 27.7 Å². The molecule has 0 N–H and O–H groups in total. The van der Waals surface area contributed by atoms with Crippen LogP contribution in [0, 0.1) is 12.3 Å². The van der Waals surface area contributed by atoms with Crippen LogP contribution in [0.25, 0.3) is 6.08 Å². The summed E-state index contributed by atoms with van der Waals surface area (Å²) in [6.45, 7) is 6.31. The molecule has 2 aromatic carbocycles. The fourth-order valence-corrected chi connectivity index (χ4v) is 4.15. The lowest BCUT2D eigenvalue weighted by Gasteiger charge is -2.33. The molecule has 1 aliphatic rings. The summed E-state index contributed by atoms with van der Waals surface area (Å²) < 4.78 is 27.3. The van der Waals surface area contributed by atoms with Crippen molar-refractivity contribution in [1.82, 2.24) is 4.31 Å². The van der Waals surface area contributed by atoms with Crippen LogP contribution in [-0.2, 0) is 10.0 Å². The Morgan fingerprint density at radius 3 is 2.33 bits per heavy atom. The Kier molecular flexibility index (Phi) is 5.34. The molecule has 0 fully saturated rings. The number of aryl methyl sites for hydroxylation is 1. The fourth-order valence-electron chi connectivity index (χ4n) is 2.75. The highest BCUT2D eigenvalue weighted by Crippen LogP contribution is 2.34. The number of rotatable bonds is 3. The molecule has 3 nitrogen and oxygen atoms in total. The molecule has 0 radical (unpaired) electrons. The minimum atomic E-state index is -3.60. The first kappa shape index (κ1) is 19.5. The summed E-state index contributed by atoms with van der Waals surface area (Å²) >= 11 is 5.92. The number of allylic oxidation sites excluding steroid dienone is 1. The molecule has 140 valence electrons. The first-order valence-electron chi connectivity index (χ1n) is 8.68. The van der Waals surface area contributed by atoms with Gasteiger partial charge in [0, 0.05) is 22.2 Å². The first-order chi connectivity index (χ1) is 12.7. The van der Waals surface area contributed by atoms with E-state index in [-0.39, 0.29) is 12.0 Å². The van der Waals surface area contributed by atoms with Gasteiger partial charge in [-0.3, -0.25) is 4.31 Å². The number of sulfonamides is 1. The van der Waals surface area contributed by atoms with Crippen molar-refractivity contribution in [1.29, 1.82) is 0 Å². The summed E-state index contributed by atoms with van der Waals surface area (Å²) in [6.07, 6.45) is 5.42. The van der Waals surface area contributed by atoms with Crippen LogP contribution in [-0.4, -0.2) is 19.3 Å². The molecule has 0 unspecified atom stereocenters. The van der Waals surface area contributed by atoms with E-state index in [9.17, 15) is 8.42 Å². The average Bonchev–Trinajstić information content (AvgIpc) is 2.62. The van der Waals surface area contributed by atoms with E-state index >= 15 is 0 Å². The highest BCUT2D eigenvalue weighted by atomic mass is 35.5. The van der Waals surface area contributed by atoms with Crippen molar-refractivity contribution in [2.75, 3.05) is 6.54 Å². The van der Waals surface area contributed by atoms with Gasteiger partial charge in [0.25, 0.3) is 10.0 Å². The van der Waals surface area contributed by atoms with Gasteiger partial charge >= 0.3 is 0 Å². The molecule has 27 heavy (non-hydrogen) atoms. The molecular weight excluding hydrogens is 378 g/mol. The third-order valence-electron chi connectivity index (χ3n) is 4.66. The maximum absolute atomic E-state index is 13.0. The lowest BCUT2D eigenvalue weighted by atomic mass is 9.83. The highest BCUT2D eigenvalue weighted by molar-refractivity contribution is 7.89. The number of hydrogen-bond donors (Lipinski definition) is 0. The van der Waals surface area contributed by atoms with E-state index < -0.39 is 10.0 Å². The third kappa shape index (κ3) is 4.36. The molecule has 2 aromatic rings. The standard InChI is InChI=1S/C22H22ClNO2S/c1-17-4-12-21(13-5-17)27(25,26)24-15-14-22(2,3)19(16-24)9-6-18-7-10-20(23)11-8-18/h4-8,10-15H,16H2,1-3H3. The van der Waals surface area contributed by atoms with E-state index in [1.165, 1.54) is 4.31 Å². The largest absolute Gasteiger partial charge is 0.269 e. The van der Waals surface area contributed by atoms with E-state index in [1.807, 2.05) is 55.5 Å². The highest BCUT2D eigenvalue weighted by Gasteiger charge is 2.31. The Bertz CT molecular complexity index is 1030. The average molecular weight is 400 g/mol. The predicted octanol–water partition coefficient (Wildman–Crippen LogP) is 5.43. The molecule has 0 spiro atoms. The summed E-state index contributed by atoms with van der Waals surface area (Å²) in [5, 5.41) is 0.677. The molecule has 0 aliphatic carbocycles. The van der Waals surface area contributed by atoms with Gasteiger partial charge in [-0.1, -0.05) is 61.4 Å². The van der Waals surface area contributed by atoms with Crippen LogP contribution >= 0.6 is 11.6 Å². The van der Waals surface area contributed by atoms with Gasteiger partial charge in [0.05, 0.1) is 11.4 Å². The van der Waals surface area contributed by atoms with E-state index in [0.29, 0.717) is 9.92 Å². The smallest absolute Gasteiger partial charge is 0.264 e. The van der Waals surface area contributed by atoms with Crippen molar-refractivity contribution in [3.05, 3.63) is 88.3 Å². The lowest BCUT2D eigenvalue weighted by Crippen LogP contribution is -2.35. The van der Waals surface area contributed by atoms with Crippen LogP contribution in [0.15, 0.2) is 77.0 Å². The third-order valence-corrected chi connectivity index (χ3v) is 6.65. The van der Waals surface area contributed by atoms with Gasteiger partial charge in [0.15, 0.2) is 0 Å². The molecule has 0 atom stereocenters. The zero-order valence-electron chi connectivity index (χ0n) is 15.6. The van der Waals surface area contributed by atoms with Crippen LogP contribution in [0.1, 0.15) is 25.0 Å². The second kappa shape index (κ2) is 7.40. The Balaban J connectivity index is 1.96. The Morgan fingerprint density at radius 1 is 1.07 bits per heavy atom. The zero-order valence-corrected chi connectivity index (χ0v) is 17.2. The van der Waals surface area contributed by atoms with Gasteiger partial charge in [-0.15, -0.1) is 5.73 Å². The summed E-state index contributed by atoms with van der Waals surface area (Å²) in [5.74, 6) is 0. The van der Waals surface area contributed by atoms with Gasteiger partial charge < -0.3 is 0 Å². The van der Waals surface area contributed by atoms with Crippen molar-refractivity contribution in [3.63, 3.8) is 0 Å². The number of hydrogen-bond acceptors (Lipinski definition) is 2. The molecule has 0 bridgehead atoms. The normalized spacial score (nSPS) is 16.1. The van der Waals surface area contributed by atoms with Gasteiger partial charge in [-0.2, -0.15) is 0 Å². The topological polar surface area (TPSA) is 37.4 Å². The maximum Gasteiger partial charge on any atom is 0.264 e. The fraction of sp³-hybridized carbons (Fsp3) is 0.227.